The molecule has 1 amide bonds. The van der Waals surface area contributed by atoms with E-state index in [1.165, 1.54) is 31.7 Å². The summed E-state index contributed by atoms with van der Waals surface area (Å²) >= 11 is 0. The average molecular weight is 274 g/mol. The molecule has 1 aliphatic carbocycles. The van der Waals surface area contributed by atoms with Gasteiger partial charge < -0.3 is 10.6 Å². The number of hydrogen-bond acceptors (Lipinski definition) is 4. The monoisotopic (exact) mass is 274 g/mol. The lowest BCUT2D eigenvalue weighted by Gasteiger charge is -2.47. The number of piperidine rings is 1. The number of nitrogen functional groups attached to an aromatic ring is 1. The van der Waals surface area contributed by atoms with Crippen LogP contribution in [0.2, 0.25) is 0 Å². The van der Waals surface area contributed by atoms with Crippen molar-refractivity contribution >= 4 is 11.7 Å². The maximum Gasteiger partial charge on any atom is 0.276 e. The summed E-state index contributed by atoms with van der Waals surface area (Å²) in [4.78, 5) is 22.8. The lowest BCUT2D eigenvalue weighted by molar-refractivity contribution is 0.0214. The van der Waals surface area contributed by atoms with Gasteiger partial charge >= 0.3 is 0 Å². The Balaban J connectivity index is 1.85. The number of aromatic nitrogens is 2. The smallest absolute Gasteiger partial charge is 0.276 e. The minimum Gasteiger partial charge on any atom is -0.382 e. The molecule has 2 aliphatic rings. The number of anilines is 1. The van der Waals surface area contributed by atoms with Crippen molar-refractivity contribution in [2.75, 3.05) is 12.3 Å². The lowest BCUT2D eigenvalue weighted by Crippen LogP contribution is -2.52. The van der Waals surface area contributed by atoms with Gasteiger partial charge in [-0.25, -0.2) is 9.97 Å². The molecule has 2 N–H and O–H groups in total. The van der Waals surface area contributed by atoms with E-state index in [1.807, 2.05) is 4.90 Å². The predicted octanol–water partition coefficient (Wildman–Crippen LogP) is 2.10. The van der Waals surface area contributed by atoms with Crippen LogP contribution in [0.3, 0.4) is 0 Å². The Kier molecular flexibility index (Phi) is 3.59. The van der Waals surface area contributed by atoms with Crippen LogP contribution in [0, 0.1) is 11.8 Å². The molecule has 0 unspecified atom stereocenters. The minimum absolute atomic E-state index is 0.0422. The molecule has 1 saturated carbocycles. The summed E-state index contributed by atoms with van der Waals surface area (Å²) in [5, 5.41) is 0. The fourth-order valence-corrected chi connectivity index (χ4v) is 3.82. The van der Waals surface area contributed by atoms with Crippen LogP contribution in [-0.4, -0.2) is 33.4 Å². The van der Waals surface area contributed by atoms with Crippen molar-refractivity contribution in [3.63, 3.8) is 0 Å². The number of fused-ring (bicyclic) bond motifs is 1. The Morgan fingerprint density at radius 1 is 1.25 bits per heavy atom. The molecular weight excluding hydrogens is 252 g/mol. The van der Waals surface area contributed by atoms with Crippen molar-refractivity contribution in [2.45, 2.75) is 45.1 Å². The van der Waals surface area contributed by atoms with E-state index in [0.29, 0.717) is 23.6 Å². The molecule has 1 aromatic heterocycles. The van der Waals surface area contributed by atoms with Gasteiger partial charge in [-0.05, 0) is 31.1 Å². The molecule has 2 heterocycles. The molecule has 20 heavy (non-hydrogen) atoms. The van der Waals surface area contributed by atoms with Crippen LogP contribution in [0.15, 0.2) is 12.4 Å². The van der Waals surface area contributed by atoms with Crippen LogP contribution >= 0.6 is 0 Å². The van der Waals surface area contributed by atoms with Gasteiger partial charge in [-0.2, -0.15) is 0 Å². The molecule has 1 saturated heterocycles. The van der Waals surface area contributed by atoms with Gasteiger partial charge in [0.1, 0.15) is 0 Å². The largest absolute Gasteiger partial charge is 0.382 e. The van der Waals surface area contributed by atoms with Crippen molar-refractivity contribution in [1.82, 2.24) is 14.9 Å². The summed E-state index contributed by atoms with van der Waals surface area (Å²) in [6, 6.07) is 0.362. The standard InChI is InChI=1S/C15H22N4O/c1-10-6-9-19(12-5-3-2-4-11(10)12)15(20)13-14(16)18-8-7-17-13/h7-8,10-12H,2-6,9H2,1H3,(H2,16,18)/t10-,11+,12+/m1/s1. The van der Waals surface area contributed by atoms with Gasteiger partial charge in [-0.3, -0.25) is 4.79 Å². The number of nitrogens with zero attached hydrogens (tertiary/aromatic N) is 3. The number of carbonyl (C=O) groups excluding carboxylic acids is 1. The Labute approximate surface area is 119 Å². The van der Waals surface area contributed by atoms with E-state index in [4.69, 9.17) is 5.73 Å². The zero-order valence-electron chi connectivity index (χ0n) is 12.0. The Bertz CT molecular complexity index is 504. The van der Waals surface area contributed by atoms with E-state index >= 15 is 0 Å². The molecule has 108 valence electrons. The van der Waals surface area contributed by atoms with Crippen LogP contribution in [0.5, 0.6) is 0 Å². The quantitative estimate of drug-likeness (QED) is 0.851. The van der Waals surface area contributed by atoms with E-state index in [-0.39, 0.29) is 11.7 Å². The fourth-order valence-electron chi connectivity index (χ4n) is 3.82. The van der Waals surface area contributed by atoms with Crippen LogP contribution in [0.25, 0.3) is 0 Å². The van der Waals surface area contributed by atoms with Gasteiger partial charge in [0.25, 0.3) is 5.91 Å². The summed E-state index contributed by atoms with van der Waals surface area (Å²) in [6.07, 6.45) is 9.00. The van der Waals surface area contributed by atoms with E-state index in [1.54, 1.807) is 0 Å². The molecule has 0 spiro atoms. The van der Waals surface area contributed by atoms with Gasteiger partial charge in [0, 0.05) is 25.0 Å². The molecule has 3 atom stereocenters. The third-order valence-corrected chi connectivity index (χ3v) is 4.93. The van der Waals surface area contributed by atoms with Crippen LogP contribution in [0.4, 0.5) is 5.82 Å². The van der Waals surface area contributed by atoms with Crippen molar-refractivity contribution in [1.29, 1.82) is 0 Å². The van der Waals surface area contributed by atoms with Crippen molar-refractivity contribution in [3.8, 4) is 0 Å². The first-order valence-corrected chi connectivity index (χ1v) is 7.56. The van der Waals surface area contributed by atoms with Gasteiger partial charge in [-0.1, -0.05) is 19.8 Å². The maximum absolute atomic E-state index is 12.7. The Morgan fingerprint density at radius 3 is 2.80 bits per heavy atom. The Hall–Kier alpha value is -1.65. The summed E-state index contributed by atoms with van der Waals surface area (Å²) in [5.74, 6) is 1.55. The predicted molar refractivity (Wildman–Crippen MR) is 77.0 cm³/mol. The van der Waals surface area contributed by atoms with Crippen LogP contribution < -0.4 is 5.73 Å². The van der Waals surface area contributed by atoms with Crippen LogP contribution in [-0.2, 0) is 0 Å². The number of likely N-dealkylation sites (tertiary alicyclic amines) is 1. The third-order valence-electron chi connectivity index (χ3n) is 4.93. The first-order chi connectivity index (χ1) is 9.68. The molecule has 3 rings (SSSR count). The zero-order chi connectivity index (χ0) is 14.1. The van der Waals surface area contributed by atoms with E-state index in [0.717, 1.165) is 19.4 Å². The van der Waals surface area contributed by atoms with Gasteiger partial charge in [0.05, 0.1) is 0 Å². The molecular formula is C15H22N4O. The maximum atomic E-state index is 12.7. The van der Waals surface area contributed by atoms with E-state index in [9.17, 15) is 4.79 Å². The van der Waals surface area contributed by atoms with E-state index in [2.05, 4.69) is 16.9 Å². The highest BCUT2D eigenvalue weighted by Crippen LogP contribution is 2.39. The normalized spacial score (nSPS) is 29.9. The number of rotatable bonds is 1. The van der Waals surface area contributed by atoms with Crippen molar-refractivity contribution in [2.24, 2.45) is 11.8 Å². The molecule has 0 radical (unpaired) electrons. The average Bonchev–Trinajstić information content (AvgIpc) is 2.48. The van der Waals surface area contributed by atoms with Crippen LogP contribution in [0.1, 0.15) is 49.5 Å². The molecule has 2 fully saturated rings. The number of nitrogens with two attached hydrogens (primary N) is 1. The SMILES string of the molecule is C[C@@H]1CCN(C(=O)c2nccnc2N)[C@H]2CCCC[C@@H]12. The van der Waals surface area contributed by atoms with Gasteiger partial charge in [0.2, 0.25) is 0 Å². The summed E-state index contributed by atoms with van der Waals surface area (Å²) < 4.78 is 0. The number of carbonyl (C=O) groups is 1. The molecule has 1 aliphatic heterocycles. The second kappa shape index (κ2) is 5.38. The first-order valence-electron chi connectivity index (χ1n) is 7.56. The van der Waals surface area contributed by atoms with Gasteiger partial charge in [0.15, 0.2) is 11.5 Å². The fraction of sp³-hybridized carbons (Fsp3) is 0.667. The first kappa shape index (κ1) is 13.3. The molecule has 0 bridgehead atoms. The summed E-state index contributed by atoms with van der Waals surface area (Å²) in [6.45, 7) is 3.14. The summed E-state index contributed by atoms with van der Waals surface area (Å²) in [5.41, 5.74) is 6.11. The zero-order valence-corrected chi connectivity index (χ0v) is 12.0. The molecule has 1 aromatic rings. The highest BCUT2D eigenvalue weighted by atomic mass is 16.2. The van der Waals surface area contributed by atoms with Gasteiger partial charge in [-0.15, -0.1) is 0 Å². The summed E-state index contributed by atoms with van der Waals surface area (Å²) in [7, 11) is 0. The second-order valence-corrected chi connectivity index (χ2v) is 6.07. The Morgan fingerprint density at radius 2 is 2.00 bits per heavy atom. The lowest BCUT2D eigenvalue weighted by atomic mass is 9.72. The number of amides is 1. The molecule has 5 heteroatoms. The number of hydrogen-bond donors (Lipinski definition) is 1. The van der Waals surface area contributed by atoms with E-state index < -0.39 is 0 Å². The van der Waals surface area contributed by atoms with Crippen molar-refractivity contribution < 1.29 is 4.79 Å². The topological polar surface area (TPSA) is 72.1 Å². The molecule has 5 nitrogen and oxygen atoms in total. The van der Waals surface area contributed by atoms with Crippen molar-refractivity contribution in [3.05, 3.63) is 18.1 Å². The molecule has 0 aromatic carbocycles. The third kappa shape index (κ3) is 2.25. The second-order valence-electron chi connectivity index (χ2n) is 6.07. The highest BCUT2D eigenvalue weighted by Gasteiger charge is 2.40. The minimum atomic E-state index is -0.0422. The highest BCUT2D eigenvalue weighted by molar-refractivity contribution is 5.96.